The molecule has 1 fully saturated rings. The molecule has 4 aromatic rings. The van der Waals surface area contributed by atoms with Crippen molar-refractivity contribution in [3.05, 3.63) is 114 Å². The number of amides is 1. The molecule has 1 saturated heterocycles. The van der Waals surface area contributed by atoms with Gasteiger partial charge in [0, 0.05) is 42.4 Å². The van der Waals surface area contributed by atoms with Crippen LogP contribution in [0.4, 0.5) is 18.9 Å². The SMILES string of the molecule is Cc1cccc(NC(=O)CCN2C(=S)N[C@H](c3ccccn3)[C@H]2c2cccn2-c2cccc(C(F)(F)F)c2)c1. The van der Waals surface area contributed by atoms with Crippen LogP contribution in [0, 0.1) is 6.92 Å². The number of carbonyl (C=O) groups is 1. The van der Waals surface area contributed by atoms with Crippen molar-refractivity contribution in [1.82, 2.24) is 19.8 Å². The molecule has 3 heterocycles. The zero-order chi connectivity index (χ0) is 27.6. The topological polar surface area (TPSA) is 62.2 Å². The average Bonchev–Trinajstić information content (AvgIpc) is 3.52. The number of hydrogen-bond donors (Lipinski definition) is 2. The van der Waals surface area contributed by atoms with Crippen molar-refractivity contribution in [2.75, 3.05) is 11.9 Å². The minimum absolute atomic E-state index is 0.158. The second-order valence-corrected chi connectivity index (χ2v) is 9.73. The van der Waals surface area contributed by atoms with Crippen LogP contribution < -0.4 is 10.6 Å². The number of nitrogens with zero attached hydrogens (tertiary/aromatic N) is 3. The van der Waals surface area contributed by atoms with Gasteiger partial charge in [-0.2, -0.15) is 13.2 Å². The minimum atomic E-state index is -4.47. The van der Waals surface area contributed by atoms with E-state index in [4.69, 9.17) is 12.2 Å². The van der Waals surface area contributed by atoms with E-state index in [-0.39, 0.29) is 18.4 Å². The average molecular weight is 550 g/mol. The highest BCUT2D eigenvalue weighted by Gasteiger charge is 2.41. The van der Waals surface area contributed by atoms with E-state index in [0.717, 1.165) is 29.1 Å². The van der Waals surface area contributed by atoms with E-state index in [2.05, 4.69) is 15.6 Å². The predicted octanol–water partition coefficient (Wildman–Crippen LogP) is 6.20. The lowest BCUT2D eigenvalue weighted by molar-refractivity contribution is -0.137. The lowest BCUT2D eigenvalue weighted by Gasteiger charge is -2.29. The van der Waals surface area contributed by atoms with E-state index in [1.807, 2.05) is 60.4 Å². The Bertz CT molecular complexity index is 1490. The molecule has 1 aliphatic rings. The molecule has 1 amide bonds. The summed E-state index contributed by atoms with van der Waals surface area (Å²) < 4.78 is 42.1. The Balaban J connectivity index is 1.46. The molecule has 0 radical (unpaired) electrons. The van der Waals surface area contributed by atoms with Gasteiger partial charge in [0.1, 0.15) is 0 Å². The molecule has 0 unspecified atom stereocenters. The van der Waals surface area contributed by atoms with Gasteiger partial charge in [-0.1, -0.05) is 24.3 Å². The first-order chi connectivity index (χ1) is 18.7. The number of pyridine rings is 1. The summed E-state index contributed by atoms with van der Waals surface area (Å²) in [6, 6.07) is 21.1. The molecule has 2 atom stereocenters. The maximum atomic E-state index is 13.5. The van der Waals surface area contributed by atoms with Gasteiger partial charge in [0.15, 0.2) is 5.11 Å². The van der Waals surface area contributed by atoms with Crippen LogP contribution in [0.5, 0.6) is 0 Å². The number of benzene rings is 2. The van der Waals surface area contributed by atoms with E-state index in [0.29, 0.717) is 23.0 Å². The van der Waals surface area contributed by atoms with Gasteiger partial charge in [-0.25, -0.2) is 0 Å². The van der Waals surface area contributed by atoms with Gasteiger partial charge in [0.05, 0.1) is 23.3 Å². The molecule has 200 valence electrons. The Morgan fingerprint density at radius 1 is 1.05 bits per heavy atom. The third kappa shape index (κ3) is 5.80. The smallest absolute Gasteiger partial charge is 0.352 e. The van der Waals surface area contributed by atoms with E-state index in [9.17, 15) is 18.0 Å². The largest absolute Gasteiger partial charge is 0.416 e. The van der Waals surface area contributed by atoms with Crippen molar-refractivity contribution < 1.29 is 18.0 Å². The summed E-state index contributed by atoms with van der Waals surface area (Å²) in [6.07, 6.45) is -0.899. The second-order valence-electron chi connectivity index (χ2n) is 9.34. The van der Waals surface area contributed by atoms with E-state index < -0.39 is 17.8 Å². The summed E-state index contributed by atoms with van der Waals surface area (Å²) in [4.78, 5) is 19.2. The highest BCUT2D eigenvalue weighted by molar-refractivity contribution is 7.80. The lowest BCUT2D eigenvalue weighted by Crippen LogP contribution is -2.33. The Labute approximate surface area is 229 Å². The number of hydrogen-bond acceptors (Lipinski definition) is 3. The first-order valence-corrected chi connectivity index (χ1v) is 12.8. The fraction of sp³-hybridized carbons (Fsp3) is 0.207. The number of rotatable bonds is 7. The van der Waals surface area contributed by atoms with Crippen LogP contribution >= 0.6 is 12.2 Å². The molecule has 6 nitrogen and oxygen atoms in total. The Morgan fingerprint density at radius 2 is 1.87 bits per heavy atom. The number of aromatic nitrogens is 2. The first kappa shape index (κ1) is 26.4. The number of halogens is 3. The fourth-order valence-electron chi connectivity index (χ4n) is 4.84. The maximum absolute atomic E-state index is 13.5. The summed E-state index contributed by atoms with van der Waals surface area (Å²) in [5.41, 5.74) is 2.84. The lowest BCUT2D eigenvalue weighted by atomic mass is 10.0. The minimum Gasteiger partial charge on any atom is -0.352 e. The molecule has 5 rings (SSSR count). The first-order valence-electron chi connectivity index (χ1n) is 12.4. The second kappa shape index (κ2) is 10.9. The Kier molecular flexibility index (Phi) is 7.38. The van der Waals surface area contributed by atoms with Crippen molar-refractivity contribution in [2.45, 2.75) is 31.6 Å². The van der Waals surface area contributed by atoms with Crippen LogP contribution in [-0.2, 0) is 11.0 Å². The highest BCUT2D eigenvalue weighted by Crippen LogP contribution is 2.40. The van der Waals surface area contributed by atoms with Gasteiger partial charge in [0.2, 0.25) is 5.91 Å². The molecule has 2 aromatic heterocycles. The molecule has 0 aliphatic carbocycles. The summed E-state index contributed by atoms with van der Waals surface area (Å²) in [5, 5.41) is 6.68. The number of anilines is 1. The summed E-state index contributed by atoms with van der Waals surface area (Å²) in [7, 11) is 0. The monoisotopic (exact) mass is 549 g/mol. The van der Waals surface area contributed by atoms with Crippen LogP contribution in [0.15, 0.2) is 91.3 Å². The van der Waals surface area contributed by atoms with Crippen molar-refractivity contribution in [2.24, 2.45) is 0 Å². The Hall–Kier alpha value is -4.18. The summed E-state index contributed by atoms with van der Waals surface area (Å²) in [5.74, 6) is -0.170. The predicted molar refractivity (Wildman–Crippen MR) is 147 cm³/mol. The molecule has 0 bridgehead atoms. The van der Waals surface area contributed by atoms with E-state index >= 15 is 0 Å². The number of thiocarbonyl (C=S) groups is 1. The number of aryl methyl sites for hydroxylation is 1. The molecular weight excluding hydrogens is 523 g/mol. The van der Waals surface area contributed by atoms with Crippen molar-refractivity contribution >= 4 is 28.9 Å². The molecule has 2 N–H and O–H groups in total. The van der Waals surface area contributed by atoms with Crippen LogP contribution in [0.3, 0.4) is 0 Å². The third-order valence-corrected chi connectivity index (χ3v) is 6.97. The molecular formula is C29H26F3N5OS. The number of alkyl halides is 3. The molecule has 2 aromatic carbocycles. The number of carbonyl (C=O) groups excluding carboxylic acids is 1. The van der Waals surface area contributed by atoms with Crippen LogP contribution in [-0.4, -0.2) is 32.0 Å². The maximum Gasteiger partial charge on any atom is 0.416 e. The molecule has 1 aliphatic heterocycles. The van der Waals surface area contributed by atoms with Crippen molar-refractivity contribution in [1.29, 1.82) is 0 Å². The summed E-state index contributed by atoms with van der Waals surface area (Å²) in [6.45, 7) is 2.25. The molecule has 39 heavy (non-hydrogen) atoms. The van der Waals surface area contributed by atoms with Crippen LogP contribution in [0.25, 0.3) is 5.69 Å². The highest BCUT2D eigenvalue weighted by atomic mass is 32.1. The van der Waals surface area contributed by atoms with Gasteiger partial charge >= 0.3 is 6.18 Å². The molecule has 0 saturated carbocycles. The van der Waals surface area contributed by atoms with Crippen LogP contribution in [0.1, 0.15) is 41.0 Å². The standard InChI is InChI=1S/C29H26F3N5OS/c1-19-7-4-9-21(17-19)34-25(38)13-16-37-27(26(35-28(37)39)23-11-2-3-14-33-23)24-12-6-15-36(24)22-10-5-8-20(18-22)29(30,31)32/h2-12,14-15,17-18,26-27H,13,16H2,1H3,(H,34,38)(H,35,39)/t26-,27-/m1/s1. The van der Waals surface area contributed by atoms with E-state index in [1.54, 1.807) is 29.1 Å². The zero-order valence-electron chi connectivity index (χ0n) is 21.0. The fourth-order valence-corrected chi connectivity index (χ4v) is 5.17. The van der Waals surface area contributed by atoms with Gasteiger partial charge in [-0.3, -0.25) is 9.78 Å². The van der Waals surface area contributed by atoms with E-state index in [1.165, 1.54) is 6.07 Å². The van der Waals surface area contributed by atoms with Crippen molar-refractivity contribution in [3.8, 4) is 5.69 Å². The normalized spacial score (nSPS) is 17.2. The summed E-state index contributed by atoms with van der Waals surface area (Å²) >= 11 is 5.69. The zero-order valence-corrected chi connectivity index (χ0v) is 21.8. The van der Waals surface area contributed by atoms with Crippen LogP contribution in [0.2, 0.25) is 0 Å². The third-order valence-electron chi connectivity index (χ3n) is 6.61. The van der Waals surface area contributed by atoms with Gasteiger partial charge in [0.25, 0.3) is 0 Å². The van der Waals surface area contributed by atoms with Gasteiger partial charge < -0.3 is 20.1 Å². The van der Waals surface area contributed by atoms with Crippen molar-refractivity contribution in [3.63, 3.8) is 0 Å². The Morgan fingerprint density at radius 3 is 2.62 bits per heavy atom. The quantitative estimate of drug-likeness (QED) is 0.269. The van der Waals surface area contributed by atoms with Gasteiger partial charge in [-0.05, 0) is 79.3 Å². The van der Waals surface area contributed by atoms with Gasteiger partial charge in [-0.15, -0.1) is 0 Å². The molecule has 0 spiro atoms. The molecule has 10 heteroatoms. The number of nitrogens with one attached hydrogen (secondary N) is 2.